The van der Waals surface area contributed by atoms with Gasteiger partial charge in [-0.15, -0.1) is 0 Å². The van der Waals surface area contributed by atoms with Crippen LogP contribution in [0, 0.1) is 5.92 Å². The Labute approximate surface area is 78.6 Å². The SMILES string of the molecule is CCC(C)CNc1cnc(N)cn1. The van der Waals surface area contributed by atoms with E-state index in [1.807, 2.05) is 0 Å². The Hall–Kier alpha value is -1.32. The Balaban J connectivity index is 2.41. The zero-order valence-electron chi connectivity index (χ0n) is 8.12. The maximum Gasteiger partial charge on any atom is 0.144 e. The molecule has 0 spiro atoms. The first kappa shape index (κ1) is 9.77. The zero-order chi connectivity index (χ0) is 9.68. The third-order valence-electron chi connectivity index (χ3n) is 2.00. The van der Waals surface area contributed by atoms with Crippen LogP contribution in [0.25, 0.3) is 0 Å². The highest BCUT2D eigenvalue weighted by atomic mass is 15.0. The number of hydrogen-bond donors (Lipinski definition) is 2. The van der Waals surface area contributed by atoms with E-state index in [1.165, 1.54) is 0 Å². The molecular weight excluding hydrogens is 164 g/mol. The normalized spacial score (nSPS) is 12.5. The molecule has 0 saturated heterocycles. The Morgan fingerprint density at radius 1 is 1.46 bits per heavy atom. The lowest BCUT2D eigenvalue weighted by Crippen LogP contribution is -2.11. The number of nitrogens with zero attached hydrogens (tertiary/aromatic N) is 2. The number of anilines is 2. The van der Waals surface area contributed by atoms with Crippen molar-refractivity contribution in [2.75, 3.05) is 17.6 Å². The number of rotatable bonds is 4. The van der Waals surface area contributed by atoms with Crippen LogP contribution >= 0.6 is 0 Å². The summed E-state index contributed by atoms with van der Waals surface area (Å²) in [6.07, 6.45) is 4.37. The molecular formula is C9H16N4. The Morgan fingerprint density at radius 3 is 2.77 bits per heavy atom. The first-order valence-electron chi connectivity index (χ1n) is 4.53. The molecule has 1 unspecified atom stereocenters. The summed E-state index contributed by atoms with van der Waals surface area (Å²) in [5.41, 5.74) is 5.41. The highest BCUT2D eigenvalue weighted by molar-refractivity contribution is 5.35. The Morgan fingerprint density at radius 2 is 2.23 bits per heavy atom. The third kappa shape index (κ3) is 3.27. The van der Waals surface area contributed by atoms with Gasteiger partial charge in [0.1, 0.15) is 11.6 Å². The van der Waals surface area contributed by atoms with Gasteiger partial charge in [-0.1, -0.05) is 20.3 Å². The second-order valence-electron chi connectivity index (χ2n) is 3.22. The predicted octanol–water partition coefficient (Wildman–Crippen LogP) is 1.52. The topological polar surface area (TPSA) is 63.8 Å². The smallest absolute Gasteiger partial charge is 0.144 e. The highest BCUT2D eigenvalue weighted by Crippen LogP contribution is 2.05. The number of nitrogen functional groups attached to an aromatic ring is 1. The summed E-state index contributed by atoms with van der Waals surface area (Å²) in [5, 5.41) is 3.19. The largest absolute Gasteiger partial charge is 0.382 e. The summed E-state index contributed by atoms with van der Waals surface area (Å²) in [5.74, 6) is 1.89. The molecule has 0 fully saturated rings. The molecule has 13 heavy (non-hydrogen) atoms. The van der Waals surface area contributed by atoms with E-state index in [4.69, 9.17) is 5.73 Å². The van der Waals surface area contributed by atoms with E-state index in [0.29, 0.717) is 11.7 Å². The van der Waals surface area contributed by atoms with Gasteiger partial charge in [-0.25, -0.2) is 9.97 Å². The van der Waals surface area contributed by atoms with E-state index in [9.17, 15) is 0 Å². The van der Waals surface area contributed by atoms with Crippen molar-refractivity contribution in [3.05, 3.63) is 12.4 Å². The van der Waals surface area contributed by atoms with Gasteiger partial charge in [0.25, 0.3) is 0 Å². The summed E-state index contributed by atoms with van der Waals surface area (Å²) >= 11 is 0. The highest BCUT2D eigenvalue weighted by Gasteiger charge is 1.98. The van der Waals surface area contributed by atoms with Crippen molar-refractivity contribution in [1.29, 1.82) is 0 Å². The Kier molecular flexibility index (Phi) is 3.49. The molecule has 0 aliphatic heterocycles. The van der Waals surface area contributed by atoms with Gasteiger partial charge in [-0.2, -0.15) is 0 Å². The molecule has 1 aromatic heterocycles. The van der Waals surface area contributed by atoms with Crippen LogP contribution in [0.4, 0.5) is 11.6 Å². The summed E-state index contributed by atoms with van der Waals surface area (Å²) in [6, 6.07) is 0. The van der Waals surface area contributed by atoms with Crippen LogP contribution in [0.15, 0.2) is 12.4 Å². The van der Waals surface area contributed by atoms with Gasteiger partial charge in [0, 0.05) is 6.54 Å². The van der Waals surface area contributed by atoms with E-state index >= 15 is 0 Å². The second kappa shape index (κ2) is 4.64. The lowest BCUT2D eigenvalue weighted by Gasteiger charge is -2.09. The molecule has 1 aromatic rings. The van der Waals surface area contributed by atoms with Crippen molar-refractivity contribution in [1.82, 2.24) is 9.97 Å². The Bertz CT molecular complexity index is 244. The summed E-state index contributed by atoms with van der Waals surface area (Å²) in [6.45, 7) is 5.29. The predicted molar refractivity (Wildman–Crippen MR) is 54.4 cm³/mol. The fourth-order valence-corrected chi connectivity index (χ4v) is 0.852. The van der Waals surface area contributed by atoms with Crippen molar-refractivity contribution in [2.24, 2.45) is 5.92 Å². The molecule has 4 nitrogen and oxygen atoms in total. The molecule has 4 heteroatoms. The fraction of sp³-hybridized carbons (Fsp3) is 0.556. The minimum atomic E-state index is 0.453. The average Bonchev–Trinajstić information content (AvgIpc) is 2.16. The van der Waals surface area contributed by atoms with Crippen LogP contribution < -0.4 is 11.1 Å². The van der Waals surface area contributed by atoms with Crippen LogP contribution in [0.3, 0.4) is 0 Å². The molecule has 0 bridgehead atoms. The zero-order valence-corrected chi connectivity index (χ0v) is 8.12. The van der Waals surface area contributed by atoms with Crippen LogP contribution in [-0.4, -0.2) is 16.5 Å². The van der Waals surface area contributed by atoms with Crippen LogP contribution in [-0.2, 0) is 0 Å². The molecule has 0 aliphatic rings. The van der Waals surface area contributed by atoms with Crippen LogP contribution in [0.2, 0.25) is 0 Å². The van der Waals surface area contributed by atoms with E-state index < -0.39 is 0 Å². The monoisotopic (exact) mass is 180 g/mol. The maximum atomic E-state index is 5.41. The van der Waals surface area contributed by atoms with Crippen molar-refractivity contribution in [3.63, 3.8) is 0 Å². The second-order valence-corrected chi connectivity index (χ2v) is 3.22. The maximum absolute atomic E-state index is 5.41. The quantitative estimate of drug-likeness (QED) is 0.737. The number of nitrogens with one attached hydrogen (secondary N) is 1. The van der Waals surface area contributed by atoms with Crippen molar-refractivity contribution >= 4 is 11.6 Å². The molecule has 0 radical (unpaired) electrons. The number of aromatic nitrogens is 2. The molecule has 0 amide bonds. The molecule has 0 aliphatic carbocycles. The average molecular weight is 180 g/mol. The molecule has 1 atom stereocenters. The summed E-state index contributed by atoms with van der Waals surface area (Å²) < 4.78 is 0. The molecule has 1 heterocycles. The van der Waals surface area contributed by atoms with E-state index in [-0.39, 0.29) is 0 Å². The standard InChI is InChI=1S/C9H16N4/c1-3-7(2)4-12-9-6-11-8(10)5-13-9/h5-7H,3-4H2,1-2H3,(H2,10,11)(H,12,13). The molecule has 1 rings (SSSR count). The molecule has 0 aromatic carbocycles. The third-order valence-corrected chi connectivity index (χ3v) is 2.00. The van der Waals surface area contributed by atoms with Crippen molar-refractivity contribution in [2.45, 2.75) is 20.3 Å². The van der Waals surface area contributed by atoms with Gasteiger partial charge in [-0.3, -0.25) is 0 Å². The van der Waals surface area contributed by atoms with Gasteiger partial charge in [-0.05, 0) is 5.92 Å². The molecule has 72 valence electrons. The van der Waals surface area contributed by atoms with E-state index in [1.54, 1.807) is 12.4 Å². The lowest BCUT2D eigenvalue weighted by atomic mass is 10.1. The number of hydrogen-bond acceptors (Lipinski definition) is 4. The number of nitrogens with two attached hydrogens (primary N) is 1. The van der Waals surface area contributed by atoms with E-state index in [0.717, 1.165) is 18.8 Å². The van der Waals surface area contributed by atoms with Gasteiger partial charge >= 0.3 is 0 Å². The van der Waals surface area contributed by atoms with Gasteiger partial charge in [0.2, 0.25) is 0 Å². The molecule has 0 saturated carbocycles. The van der Waals surface area contributed by atoms with Crippen molar-refractivity contribution in [3.8, 4) is 0 Å². The minimum absolute atomic E-state index is 0.453. The molecule has 3 N–H and O–H groups in total. The van der Waals surface area contributed by atoms with Crippen LogP contribution in [0.5, 0.6) is 0 Å². The van der Waals surface area contributed by atoms with Gasteiger partial charge < -0.3 is 11.1 Å². The van der Waals surface area contributed by atoms with E-state index in [2.05, 4.69) is 29.1 Å². The fourth-order valence-electron chi connectivity index (χ4n) is 0.852. The van der Waals surface area contributed by atoms with Gasteiger partial charge in [0.15, 0.2) is 0 Å². The van der Waals surface area contributed by atoms with Crippen molar-refractivity contribution < 1.29 is 0 Å². The minimum Gasteiger partial charge on any atom is -0.382 e. The summed E-state index contributed by atoms with van der Waals surface area (Å²) in [4.78, 5) is 8.02. The van der Waals surface area contributed by atoms with Crippen LogP contribution in [0.1, 0.15) is 20.3 Å². The summed E-state index contributed by atoms with van der Waals surface area (Å²) in [7, 11) is 0. The lowest BCUT2D eigenvalue weighted by molar-refractivity contribution is 0.592. The first-order chi connectivity index (χ1) is 6.22. The van der Waals surface area contributed by atoms with Gasteiger partial charge in [0.05, 0.1) is 12.4 Å². The first-order valence-corrected chi connectivity index (χ1v) is 4.53.